The smallest absolute Gasteiger partial charge is 0.227 e. The quantitative estimate of drug-likeness (QED) is 0.771. The molecule has 0 bridgehead atoms. The van der Waals surface area contributed by atoms with E-state index in [-0.39, 0.29) is 18.9 Å². The molecule has 0 aromatic heterocycles. The van der Waals surface area contributed by atoms with E-state index in [0.29, 0.717) is 41.2 Å². The molecule has 0 aliphatic carbocycles. The van der Waals surface area contributed by atoms with Crippen molar-refractivity contribution in [3.8, 4) is 0 Å². The maximum atomic E-state index is 12.8. The molecule has 1 unspecified atom stereocenters. The molecule has 27 heavy (non-hydrogen) atoms. The number of halogens is 3. The Morgan fingerprint density at radius 3 is 2.67 bits per heavy atom. The topological polar surface area (TPSA) is 49.8 Å². The molecule has 0 spiro atoms. The Bertz CT molecular complexity index is 826. The van der Waals surface area contributed by atoms with Crippen LogP contribution in [-0.2, 0) is 21.6 Å². The fraction of sp³-hybridized carbons (Fsp3) is 0.350. The predicted octanol–water partition coefficient (Wildman–Crippen LogP) is 4.33. The van der Waals surface area contributed by atoms with Gasteiger partial charge in [-0.2, -0.15) is 0 Å². The van der Waals surface area contributed by atoms with Crippen molar-refractivity contribution in [2.75, 3.05) is 26.3 Å². The van der Waals surface area contributed by atoms with Crippen LogP contribution in [0.1, 0.15) is 17.5 Å². The summed E-state index contributed by atoms with van der Waals surface area (Å²) in [5.41, 5.74) is 0.845. The Hall–Kier alpha value is -1.30. The lowest BCUT2D eigenvalue weighted by atomic mass is 9.88. The van der Waals surface area contributed by atoms with Crippen LogP contribution in [0, 0.1) is 0 Å². The number of aliphatic hydroxyl groups excluding tert-OH is 1. The Kier molecular flexibility index (Phi) is 6.66. The molecule has 4 nitrogen and oxygen atoms in total. The van der Waals surface area contributed by atoms with Crippen LogP contribution >= 0.6 is 34.8 Å². The lowest BCUT2D eigenvalue weighted by Crippen LogP contribution is -2.52. The normalized spacial score (nSPS) is 19.9. The number of morpholine rings is 1. The van der Waals surface area contributed by atoms with E-state index in [4.69, 9.17) is 39.5 Å². The molecular formula is C20H20Cl3NO3. The molecule has 1 atom stereocenters. The molecule has 2 aromatic rings. The van der Waals surface area contributed by atoms with Crippen LogP contribution in [0.15, 0.2) is 42.5 Å². The number of carbonyl (C=O) groups is 1. The molecule has 1 heterocycles. The summed E-state index contributed by atoms with van der Waals surface area (Å²) < 4.78 is 6.06. The maximum absolute atomic E-state index is 12.8. The van der Waals surface area contributed by atoms with Crippen molar-refractivity contribution in [1.82, 2.24) is 4.90 Å². The zero-order chi connectivity index (χ0) is 19.4. The van der Waals surface area contributed by atoms with Crippen molar-refractivity contribution >= 4 is 40.7 Å². The molecule has 1 saturated heterocycles. The third-order valence-electron chi connectivity index (χ3n) is 4.74. The Morgan fingerprint density at radius 1 is 1.15 bits per heavy atom. The molecule has 1 fully saturated rings. The van der Waals surface area contributed by atoms with Gasteiger partial charge in [-0.15, -0.1) is 0 Å². The lowest BCUT2D eigenvalue weighted by molar-refractivity contribution is -0.155. The first-order valence-electron chi connectivity index (χ1n) is 8.66. The second kappa shape index (κ2) is 8.80. The van der Waals surface area contributed by atoms with Crippen molar-refractivity contribution in [2.24, 2.45) is 0 Å². The summed E-state index contributed by atoms with van der Waals surface area (Å²) in [6.45, 7) is 1.14. The van der Waals surface area contributed by atoms with Gasteiger partial charge in [-0.3, -0.25) is 4.79 Å². The zero-order valence-corrected chi connectivity index (χ0v) is 16.9. The number of nitrogens with zero attached hydrogens (tertiary/aromatic N) is 1. The van der Waals surface area contributed by atoms with Crippen molar-refractivity contribution in [2.45, 2.75) is 18.4 Å². The van der Waals surface area contributed by atoms with Crippen LogP contribution in [0.4, 0.5) is 0 Å². The van der Waals surface area contributed by atoms with Crippen molar-refractivity contribution in [3.63, 3.8) is 0 Å². The van der Waals surface area contributed by atoms with E-state index in [2.05, 4.69) is 0 Å². The minimum absolute atomic E-state index is 0.0112. The van der Waals surface area contributed by atoms with Crippen LogP contribution < -0.4 is 0 Å². The SMILES string of the molecule is O=C(Cc1cccc(Cl)c1)N1CCOC(CCO)(c2ccc(Cl)c(Cl)c2)C1. The monoisotopic (exact) mass is 427 g/mol. The minimum Gasteiger partial charge on any atom is -0.396 e. The number of aliphatic hydroxyl groups is 1. The van der Waals surface area contributed by atoms with Crippen molar-refractivity contribution in [1.29, 1.82) is 0 Å². The molecule has 0 radical (unpaired) electrons. The van der Waals surface area contributed by atoms with Gasteiger partial charge in [0.1, 0.15) is 5.60 Å². The van der Waals surface area contributed by atoms with Gasteiger partial charge in [-0.05, 0) is 35.4 Å². The standard InChI is InChI=1S/C20H20Cl3NO3/c21-16-3-1-2-14(10-16)11-19(26)24-7-9-27-20(13-24,6-8-25)15-4-5-17(22)18(23)12-15/h1-5,10,12,25H,6-9,11,13H2. The molecule has 1 aliphatic rings. The van der Waals surface area contributed by atoms with E-state index in [1.165, 1.54) is 0 Å². The number of amides is 1. The minimum atomic E-state index is -0.814. The number of ether oxygens (including phenoxy) is 1. The molecule has 0 saturated carbocycles. The average molecular weight is 429 g/mol. The summed E-state index contributed by atoms with van der Waals surface area (Å²) in [7, 11) is 0. The van der Waals surface area contributed by atoms with Gasteiger partial charge in [0, 0.05) is 24.6 Å². The van der Waals surface area contributed by atoms with E-state index in [0.717, 1.165) is 11.1 Å². The highest BCUT2D eigenvalue weighted by molar-refractivity contribution is 6.42. The molecule has 3 rings (SSSR count). The van der Waals surface area contributed by atoms with Crippen LogP contribution in [0.25, 0.3) is 0 Å². The van der Waals surface area contributed by atoms with Gasteiger partial charge in [0.15, 0.2) is 0 Å². The molecule has 1 aliphatic heterocycles. The number of hydrogen-bond acceptors (Lipinski definition) is 3. The van der Waals surface area contributed by atoms with Gasteiger partial charge in [0.25, 0.3) is 0 Å². The highest BCUT2D eigenvalue weighted by Crippen LogP contribution is 2.36. The largest absolute Gasteiger partial charge is 0.396 e. The summed E-state index contributed by atoms with van der Waals surface area (Å²) >= 11 is 18.2. The molecule has 144 valence electrons. The second-order valence-electron chi connectivity index (χ2n) is 6.57. The zero-order valence-electron chi connectivity index (χ0n) is 14.6. The highest BCUT2D eigenvalue weighted by Gasteiger charge is 2.39. The molecule has 2 aromatic carbocycles. The number of carbonyl (C=O) groups excluding carboxylic acids is 1. The number of hydrogen-bond donors (Lipinski definition) is 1. The molecule has 1 N–H and O–H groups in total. The first-order chi connectivity index (χ1) is 12.9. The van der Waals surface area contributed by atoms with E-state index in [1.807, 2.05) is 18.2 Å². The Balaban J connectivity index is 1.82. The molecule has 1 amide bonds. The van der Waals surface area contributed by atoms with Gasteiger partial charge in [0.05, 0.1) is 29.6 Å². The summed E-state index contributed by atoms with van der Waals surface area (Å²) in [6.07, 6.45) is 0.614. The number of rotatable bonds is 5. The van der Waals surface area contributed by atoms with Gasteiger partial charge >= 0.3 is 0 Å². The van der Waals surface area contributed by atoms with Crippen molar-refractivity contribution in [3.05, 3.63) is 68.7 Å². The van der Waals surface area contributed by atoms with Crippen LogP contribution in [-0.4, -0.2) is 42.2 Å². The molecule has 7 heteroatoms. The summed E-state index contributed by atoms with van der Waals surface area (Å²) in [5, 5.41) is 11.1. The Morgan fingerprint density at radius 2 is 1.96 bits per heavy atom. The predicted molar refractivity (Wildman–Crippen MR) is 108 cm³/mol. The van der Waals surface area contributed by atoms with E-state index in [9.17, 15) is 9.90 Å². The molecular weight excluding hydrogens is 409 g/mol. The summed E-state index contributed by atoms with van der Waals surface area (Å²) in [4.78, 5) is 14.6. The average Bonchev–Trinajstić information content (AvgIpc) is 2.64. The first-order valence-corrected chi connectivity index (χ1v) is 9.79. The van der Waals surface area contributed by atoms with Gasteiger partial charge < -0.3 is 14.7 Å². The fourth-order valence-electron chi connectivity index (χ4n) is 3.36. The second-order valence-corrected chi connectivity index (χ2v) is 7.82. The van der Waals surface area contributed by atoms with E-state index >= 15 is 0 Å². The van der Waals surface area contributed by atoms with Crippen LogP contribution in [0.3, 0.4) is 0 Å². The highest BCUT2D eigenvalue weighted by atomic mass is 35.5. The van der Waals surface area contributed by atoms with E-state index in [1.54, 1.807) is 29.2 Å². The summed E-state index contributed by atoms with van der Waals surface area (Å²) in [5.74, 6) is -0.0112. The van der Waals surface area contributed by atoms with E-state index < -0.39 is 5.60 Å². The third kappa shape index (κ3) is 4.76. The number of benzene rings is 2. The van der Waals surface area contributed by atoms with Gasteiger partial charge in [0.2, 0.25) is 5.91 Å². The van der Waals surface area contributed by atoms with Crippen LogP contribution in [0.5, 0.6) is 0 Å². The summed E-state index contributed by atoms with van der Waals surface area (Å²) in [6, 6.07) is 12.6. The van der Waals surface area contributed by atoms with Crippen molar-refractivity contribution < 1.29 is 14.6 Å². The fourth-order valence-corrected chi connectivity index (χ4v) is 3.87. The lowest BCUT2D eigenvalue weighted by Gasteiger charge is -2.43. The maximum Gasteiger partial charge on any atom is 0.227 e. The van der Waals surface area contributed by atoms with Gasteiger partial charge in [-0.1, -0.05) is 53.0 Å². The first kappa shape index (κ1) is 20.4. The third-order valence-corrected chi connectivity index (χ3v) is 5.72. The Labute approximate surface area is 173 Å². The van der Waals surface area contributed by atoms with Crippen LogP contribution in [0.2, 0.25) is 15.1 Å². The van der Waals surface area contributed by atoms with Gasteiger partial charge in [-0.25, -0.2) is 0 Å².